The van der Waals surface area contributed by atoms with E-state index in [2.05, 4.69) is 9.72 Å². The first-order chi connectivity index (χ1) is 9.37. The number of ketones is 1. The molecule has 1 heterocycles. The van der Waals surface area contributed by atoms with Gasteiger partial charge in [0.1, 0.15) is 11.4 Å². The van der Waals surface area contributed by atoms with Crippen molar-refractivity contribution in [3.63, 3.8) is 0 Å². The number of ether oxygens (including phenoxy) is 1. The molecule has 0 atom stereocenters. The van der Waals surface area contributed by atoms with E-state index in [1.807, 2.05) is 0 Å². The number of halogens is 3. The Morgan fingerprint density at radius 3 is 2.55 bits per heavy atom. The summed E-state index contributed by atoms with van der Waals surface area (Å²) >= 11 is 0. The van der Waals surface area contributed by atoms with Gasteiger partial charge in [-0.2, -0.15) is 0 Å². The van der Waals surface area contributed by atoms with E-state index in [1.165, 1.54) is 24.4 Å². The second-order valence-corrected chi connectivity index (χ2v) is 4.09. The normalized spacial score (nSPS) is 11.2. The van der Waals surface area contributed by atoms with Gasteiger partial charge in [-0.15, -0.1) is 13.2 Å². The predicted molar refractivity (Wildman–Crippen MR) is 65.5 cm³/mol. The van der Waals surface area contributed by atoms with Crippen LogP contribution in [0.3, 0.4) is 0 Å². The van der Waals surface area contributed by atoms with Crippen LogP contribution in [0.25, 0.3) is 0 Å². The Bertz CT molecular complexity index is 624. The maximum Gasteiger partial charge on any atom is 0.573 e. The van der Waals surface area contributed by atoms with E-state index in [4.69, 9.17) is 0 Å². The molecule has 6 heteroatoms. The van der Waals surface area contributed by atoms with Gasteiger partial charge in [-0.3, -0.25) is 9.78 Å². The van der Waals surface area contributed by atoms with E-state index in [0.29, 0.717) is 5.56 Å². The van der Waals surface area contributed by atoms with Crippen LogP contribution in [0.15, 0.2) is 42.6 Å². The average Bonchev–Trinajstić information content (AvgIpc) is 2.39. The fourth-order valence-electron chi connectivity index (χ4n) is 1.67. The molecule has 0 aliphatic rings. The Morgan fingerprint density at radius 2 is 1.95 bits per heavy atom. The van der Waals surface area contributed by atoms with Crippen molar-refractivity contribution in [3.8, 4) is 5.75 Å². The molecule has 0 unspecified atom stereocenters. The fourth-order valence-corrected chi connectivity index (χ4v) is 1.67. The second-order valence-electron chi connectivity index (χ2n) is 4.09. The summed E-state index contributed by atoms with van der Waals surface area (Å²) in [4.78, 5) is 16.0. The van der Waals surface area contributed by atoms with Crippen LogP contribution in [0.1, 0.15) is 21.6 Å². The number of pyridine rings is 1. The lowest BCUT2D eigenvalue weighted by atomic mass is 10.0. The number of hydrogen-bond acceptors (Lipinski definition) is 3. The van der Waals surface area contributed by atoms with E-state index >= 15 is 0 Å². The van der Waals surface area contributed by atoms with Crippen LogP contribution in [0, 0.1) is 6.92 Å². The number of carbonyl (C=O) groups is 1. The average molecular weight is 281 g/mol. The maximum atomic E-state index is 12.3. The number of aromatic nitrogens is 1. The summed E-state index contributed by atoms with van der Waals surface area (Å²) in [5.74, 6) is -1.15. The zero-order valence-corrected chi connectivity index (χ0v) is 10.4. The summed E-state index contributed by atoms with van der Waals surface area (Å²) in [6, 6.07) is 8.54. The first-order valence-electron chi connectivity index (χ1n) is 5.69. The molecule has 2 rings (SSSR count). The van der Waals surface area contributed by atoms with Crippen molar-refractivity contribution >= 4 is 5.78 Å². The number of nitrogens with zero attached hydrogens (tertiary/aromatic N) is 1. The van der Waals surface area contributed by atoms with E-state index in [9.17, 15) is 18.0 Å². The molecule has 0 fully saturated rings. The molecular formula is C14H10F3NO2. The van der Waals surface area contributed by atoms with Crippen molar-refractivity contribution in [3.05, 3.63) is 59.4 Å². The number of carbonyl (C=O) groups excluding carboxylic acids is 1. The Hall–Kier alpha value is -2.37. The number of aryl methyl sites for hydroxylation is 1. The van der Waals surface area contributed by atoms with Crippen molar-refractivity contribution < 1.29 is 22.7 Å². The standard InChI is InChI=1S/C14H10F3NO2/c1-9-5-6-12(20-14(15,16)17)10(8-9)13(19)11-4-2-3-7-18-11/h2-8H,1H3. The van der Waals surface area contributed by atoms with Crippen molar-refractivity contribution in [1.82, 2.24) is 4.98 Å². The third kappa shape index (κ3) is 3.34. The molecule has 0 N–H and O–H groups in total. The van der Waals surface area contributed by atoms with Crippen LogP contribution in [0.4, 0.5) is 13.2 Å². The zero-order valence-electron chi connectivity index (χ0n) is 10.4. The van der Waals surface area contributed by atoms with Gasteiger partial charge in [0, 0.05) is 6.20 Å². The molecule has 0 amide bonds. The smallest absolute Gasteiger partial charge is 0.405 e. The molecule has 0 spiro atoms. The summed E-state index contributed by atoms with van der Waals surface area (Å²) in [5.41, 5.74) is 0.546. The lowest BCUT2D eigenvalue weighted by Gasteiger charge is -2.13. The van der Waals surface area contributed by atoms with E-state index in [1.54, 1.807) is 19.1 Å². The molecule has 0 saturated heterocycles. The van der Waals surface area contributed by atoms with Crippen molar-refractivity contribution in [2.24, 2.45) is 0 Å². The topological polar surface area (TPSA) is 39.2 Å². The molecular weight excluding hydrogens is 271 g/mol. The molecule has 1 aromatic heterocycles. The van der Waals surface area contributed by atoms with Gasteiger partial charge in [0.05, 0.1) is 5.56 Å². The number of hydrogen-bond donors (Lipinski definition) is 0. The van der Waals surface area contributed by atoms with E-state index in [0.717, 1.165) is 6.07 Å². The van der Waals surface area contributed by atoms with Crippen LogP contribution >= 0.6 is 0 Å². The minimum absolute atomic E-state index is 0.0603. The summed E-state index contributed by atoms with van der Waals surface area (Å²) in [6.07, 6.45) is -3.46. The highest BCUT2D eigenvalue weighted by Crippen LogP contribution is 2.28. The van der Waals surface area contributed by atoms with Gasteiger partial charge in [-0.1, -0.05) is 17.7 Å². The minimum Gasteiger partial charge on any atom is -0.405 e. The Balaban J connectivity index is 2.44. The number of rotatable bonds is 3. The van der Waals surface area contributed by atoms with Gasteiger partial charge in [-0.25, -0.2) is 0 Å². The van der Waals surface area contributed by atoms with Crippen LogP contribution in [0.2, 0.25) is 0 Å². The molecule has 0 aliphatic carbocycles. The van der Waals surface area contributed by atoms with Crippen molar-refractivity contribution in [2.45, 2.75) is 13.3 Å². The summed E-state index contributed by atoms with van der Waals surface area (Å²) in [7, 11) is 0. The molecule has 0 saturated carbocycles. The molecule has 0 radical (unpaired) electrons. The number of benzene rings is 1. The van der Waals surface area contributed by atoms with Gasteiger partial charge < -0.3 is 4.74 Å². The largest absolute Gasteiger partial charge is 0.573 e. The van der Waals surface area contributed by atoms with Gasteiger partial charge in [0.2, 0.25) is 5.78 Å². The molecule has 1 aromatic carbocycles. The lowest BCUT2D eigenvalue weighted by Crippen LogP contribution is -2.19. The Labute approximate surface area is 113 Å². The Kier molecular flexibility index (Phi) is 3.74. The molecule has 3 nitrogen and oxygen atoms in total. The highest BCUT2D eigenvalue weighted by molar-refractivity contribution is 6.09. The minimum atomic E-state index is -4.85. The Morgan fingerprint density at radius 1 is 1.20 bits per heavy atom. The van der Waals surface area contributed by atoms with Gasteiger partial charge in [0.15, 0.2) is 0 Å². The molecule has 0 aliphatic heterocycles. The predicted octanol–water partition coefficient (Wildman–Crippen LogP) is 3.52. The van der Waals surface area contributed by atoms with Crippen LogP contribution < -0.4 is 4.74 Å². The van der Waals surface area contributed by atoms with Crippen molar-refractivity contribution in [2.75, 3.05) is 0 Å². The zero-order chi connectivity index (χ0) is 14.8. The summed E-state index contributed by atoms with van der Waals surface area (Å²) in [6.45, 7) is 1.67. The SMILES string of the molecule is Cc1ccc(OC(F)(F)F)c(C(=O)c2ccccn2)c1. The summed E-state index contributed by atoms with van der Waals surface area (Å²) in [5, 5.41) is 0. The monoisotopic (exact) mass is 281 g/mol. The van der Waals surface area contributed by atoms with Gasteiger partial charge >= 0.3 is 6.36 Å². The maximum absolute atomic E-state index is 12.3. The van der Waals surface area contributed by atoms with Crippen LogP contribution in [0.5, 0.6) is 5.75 Å². The first-order valence-corrected chi connectivity index (χ1v) is 5.69. The second kappa shape index (κ2) is 5.32. The lowest BCUT2D eigenvalue weighted by molar-refractivity contribution is -0.274. The highest BCUT2D eigenvalue weighted by Gasteiger charge is 2.33. The van der Waals surface area contributed by atoms with Crippen LogP contribution in [-0.4, -0.2) is 17.1 Å². The van der Waals surface area contributed by atoms with Gasteiger partial charge in [-0.05, 0) is 31.2 Å². The van der Waals surface area contributed by atoms with Gasteiger partial charge in [0.25, 0.3) is 0 Å². The van der Waals surface area contributed by atoms with Crippen LogP contribution in [-0.2, 0) is 0 Å². The van der Waals surface area contributed by atoms with E-state index < -0.39 is 17.9 Å². The number of alkyl halides is 3. The molecule has 0 bridgehead atoms. The van der Waals surface area contributed by atoms with Crippen molar-refractivity contribution in [1.29, 1.82) is 0 Å². The summed E-state index contributed by atoms with van der Waals surface area (Å²) < 4.78 is 40.9. The fraction of sp³-hybridized carbons (Fsp3) is 0.143. The quantitative estimate of drug-likeness (QED) is 0.808. The molecule has 20 heavy (non-hydrogen) atoms. The first kappa shape index (κ1) is 14.0. The third-order valence-corrected chi connectivity index (χ3v) is 2.50. The molecule has 104 valence electrons. The molecule has 2 aromatic rings. The van der Waals surface area contributed by atoms with E-state index in [-0.39, 0.29) is 11.3 Å². The third-order valence-electron chi connectivity index (χ3n) is 2.50. The highest BCUT2D eigenvalue weighted by atomic mass is 19.4.